The number of benzene rings is 2. The first kappa shape index (κ1) is 21.4. The zero-order valence-corrected chi connectivity index (χ0v) is 15.8. The molecule has 2 rings (SSSR count). The van der Waals surface area contributed by atoms with Crippen LogP contribution in [0.2, 0.25) is 5.02 Å². The Balaban J connectivity index is 1.79. The number of rotatable bonds is 9. The summed E-state index contributed by atoms with van der Waals surface area (Å²) in [5, 5.41) is 2.99. The van der Waals surface area contributed by atoms with E-state index in [1.165, 1.54) is 29.2 Å². The Morgan fingerprint density at radius 1 is 1.14 bits per heavy atom. The van der Waals surface area contributed by atoms with Crippen molar-refractivity contribution >= 4 is 23.4 Å². The Hall–Kier alpha value is -2.87. The zero-order valence-electron chi connectivity index (χ0n) is 15.0. The number of para-hydroxylation sites is 1. The van der Waals surface area contributed by atoms with Crippen molar-refractivity contribution in [1.29, 1.82) is 0 Å². The van der Waals surface area contributed by atoms with Crippen LogP contribution in [0.15, 0.2) is 48.5 Å². The maximum absolute atomic E-state index is 12.4. The molecule has 0 atom stereocenters. The molecule has 0 unspecified atom stereocenters. The molecule has 0 heterocycles. The molecular weight excluding hydrogens is 394 g/mol. The highest BCUT2D eigenvalue weighted by Gasteiger charge is 2.17. The Labute approximate surface area is 166 Å². The third kappa shape index (κ3) is 6.70. The minimum atomic E-state index is -3.05. The van der Waals surface area contributed by atoms with Gasteiger partial charge in [-0.3, -0.25) is 9.59 Å². The van der Waals surface area contributed by atoms with Crippen LogP contribution >= 0.6 is 11.6 Å². The third-order valence-electron chi connectivity index (χ3n) is 3.68. The van der Waals surface area contributed by atoms with Crippen molar-refractivity contribution in [3.8, 4) is 11.5 Å². The average Bonchev–Trinajstić information content (AvgIpc) is 2.67. The smallest absolute Gasteiger partial charge is 0.387 e. The van der Waals surface area contributed by atoms with Gasteiger partial charge in [-0.05, 0) is 36.4 Å². The summed E-state index contributed by atoms with van der Waals surface area (Å²) in [6, 6.07) is 12.4. The van der Waals surface area contributed by atoms with Gasteiger partial charge < -0.3 is 19.7 Å². The molecule has 0 aliphatic heterocycles. The van der Waals surface area contributed by atoms with Crippen molar-refractivity contribution in [3.63, 3.8) is 0 Å². The second-order valence-corrected chi connectivity index (χ2v) is 6.11. The fourth-order valence-corrected chi connectivity index (χ4v) is 2.32. The number of carbonyl (C=O) groups excluding carboxylic acids is 2. The number of likely N-dealkylation sites (N-methyl/N-ethyl adjacent to an activating group) is 1. The summed E-state index contributed by atoms with van der Waals surface area (Å²) in [4.78, 5) is 25.7. The van der Waals surface area contributed by atoms with Crippen molar-refractivity contribution in [1.82, 2.24) is 10.2 Å². The molecule has 0 bridgehead atoms. The molecule has 28 heavy (non-hydrogen) atoms. The van der Waals surface area contributed by atoms with Crippen LogP contribution in [-0.2, 0) is 4.79 Å². The van der Waals surface area contributed by atoms with Crippen molar-refractivity contribution in [2.45, 2.75) is 6.61 Å². The zero-order chi connectivity index (χ0) is 20.5. The van der Waals surface area contributed by atoms with Crippen LogP contribution in [0.1, 0.15) is 10.4 Å². The number of carbonyl (C=O) groups is 2. The molecule has 0 aliphatic rings. The maximum Gasteiger partial charge on any atom is 0.387 e. The van der Waals surface area contributed by atoms with Gasteiger partial charge in [0.1, 0.15) is 18.1 Å². The predicted octanol–water partition coefficient (Wildman–Crippen LogP) is 3.21. The summed E-state index contributed by atoms with van der Waals surface area (Å²) in [5.41, 5.74) is -0.0793. The van der Waals surface area contributed by atoms with Gasteiger partial charge in [-0.15, -0.1) is 0 Å². The second-order valence-electron chi connectivity index (χ2n) is 5.68. The number of amides is 2. The van der Waals surface area contributed by atoms with Crippen LogP contribution in [0, 0.1) is 0 Å². The van der Waals surface area contributed by atoms with Gasteiger partial charge in [0.2, 0.25) is 5.91 Å². The van der Waals surface area contributed by atoms with E-state index in [9.17, 15) is 18.4 Å². The highest BCUT2D eigenvalue weighted by Crippen LogP contribution is 2.20. The number of nitrogens with zero attached hydrogens (tertiary/aromatic N) is 1. The van der Waals surface area contributed by atoms with E-state index in [1.807, 2.05) is 0 Å². The number of nitrogens with one attached hydrogen (secondary N) is 1. The van der Waals surface area contributed by atoms with E-state index in [-0.39, 0.29) is 30.4 Å². The lowest BCUT2D eigenvalue weighted by Crippen LogP contribution is -2.39. The first-order valence-electron chi connectivity index (χ1n) is 8.31. The monoisotopic (exact) mass is 412 g/mol. The first-order valence-corrected chi connectivity index (χ1v) is 8.69. The molecule has 9 heteroatoms. The molecule has 0 saturated heterocycles. The Morgan fingerprint density at radius 2 is 1.82 bits per heavy atom. The van der Waals surface area contributed by atoms with Crippen LogP contribution in [0.4, 0.5) is 8.78 Å². The largest absolute Gasteiger partial charge is 0.492 e. The van der Waals surface area contributed by atoms with Gasteiger partial charge in [-0.25, -0.2) is 0 Å². The molecule has 2 amide bonds. The van der Waals surface area contributed by atoms with Crippen LogP contribution in [0.25, 0.3) is 0 Å². The fraction of sp³-hybridized carbons (Fsp3) is 0.263. The van der Waals surface area contributed by atoms with Gasteiger partial charge in [-0.1, -0.05) is 23.7 Å². The minimum Gasteiger partial charge on any atom is -0.492 e. The standard InChI is InChI=1S/C19H19ClF2N2O4/c1-24(10-11-27-14-8-6-13(20)7-9-14)17(25)12-23-18(26)15-4-2-3-5-16(15)28-19(21)22/h2-9,19H,10-12H2,1H3,(H,23,26). The molecule has 0 fully saturated rings. The molecule has 6 nitrogen and oxygen atoms in total. The molecule has 0 saturated carbocycles. The number of alkyl halides is 2. The van der Waals surface area contributed by atoms with Gasteiger partial charge in [0, 0.05) is 12.1 Å². The number of hydrogen-bond acceptors (Lipinski definition) is 4. The SMILES string of the molecule is CN(CCOc1ccc(Cl)cc1)C(=O)CNC(=O)c1ccccc1OC(F)F. The average molecular weight is 413 g/mol. The van der Waals surface area contributed by atoms with Crippen molar-refractivity contribution in [3.05, 3.63) is 59.1 Å². The Kier molecular flexibility index (Phi) is 8.01. The van der Waals surface area contributed by atoms with E-state index >= 15 is 0 Å². The molecular formula is C19H19ClF2N2O4. The summed E-state index contributed by atoms with van der Waals surface area (Å²) in [5.74, 6) is -0.683. The molecule has 1 N–H and O–H groups in total. The Morgan fingerprint density at radius 3 is 2.50 bits per heavy atom. The van der Waals surface area contributed by atoms with E-state index in [4.69, 9.17) is 16.3 Å². The first-order chi connectivity index (χ1) is 13.4. The van der Waals surface area contributed by atoms with E-state index < -0.39 is 12.5 Å². The summed E-state index contributed by atoms with van der Waals surface area (Å²) < 4.78 is 34.6. The van der Waals surface area contributed by atoms with Crippen molar-refractivity contribution in [2.24, 2.45) is 0 Å². The quantitative estimate of drug-likeness (QED) is 0.686. The molecule has 0 aliphatic carbocycles. The van der Waals surface area contributed by atoms with E-state index in [0.29, 0.717) is 17.3 Å². The third-order valence-corrected chi connectivity index (χ3v) is 3.93. The lowest BCUT2D eigenvalue weighted by atomic mass is 10.2. The molecule has 2 aromatic carbocycles. The summed E-state index contributed by atoms with van der Waals surface area (Å²) in [6.45, 7) is -2.80. The van der Waals surface area contributed by atoms with Crippen LogP contribution in [-0.4, -0.2) is 50.1 Å². The highest BCUT2D eigenvalue weighted by molar-refractivity contribution is 6.30. The topological polar surface area (TPSA) is 67.9 Å². The van der Waals surface area contributed by atoms with Gasteiger partial charge in [0.05, 0.1) is 18.7 Å². The minimum absolute atomic E-state index is 0.0793. The maximum atomic E-state index is 12.4. The molecule has 150 valence electrons. The Bertz CT molecular complexity index is 803. The molecule has 0 radical (unpaired) electrons. The number of ether oxygens (including phenoxy) is 2. The molecule has 0 aromatic heterocycles. The van der Waals surface area contributed by atoms with Crippen LogP contribution in [0.5, 0.6) is 11.5 Å². The lowest BCUT2D eigenvalue weighted by Gasteiger charge is -2.18. The fourth-order valence-electron chi connectivity index (χ4n) is 2.19. The molecule has 2 aromatic rings. The van der Waals surface area contributed by atoms with Gasteiger partial charge in [-0.2, -0.15) is 8.78 Å². The van der Waals surface area contributed by atoms with Crippen LogP contribution < -0.4 is 14.8 Å². The lowest BCUT2D eigenvalue weighted by molar-refractivity contribution is -0.129. The second kappa shape index (κ2) is 10.5. The van der Waals surface area contributed by atoms with E-state index in [1.54, 1.807) is 31.3 Å². The van der Waals surface area contributed by atoms with Gasteiger partial charge in [0.25, 0.3) is 5.91 Å². The van der Waals surface area contributed by atoms with Gasteiger partial charge in [0.15, 0.2) is 0 Å². The highest BCUT2D eigenvalue weighted by atomic mass is 35.5. The summed E-state index contributed by atoms with van der Waals surface area (Å²) in [6.07, 6.45) is 0. The number of halogens is 3. The van der Waals surface area contributed by atoms with Crippen molar-refractivity contribution < 1.29 is 27.8 Å². The molecule has 0 spiro atoms. The van der Waals surface area contributed by atoms with E-state index in [2.05, 4.69) is 10.1 Å². The van der Waals surface area contributed by atoms with Crippen molar-refractivity contribution in [2.75, 3.05) is 26.7 Å². The number of hydrogen-bond donors (Lipinski definition) is 1. The van der Waals surface area contributed by atoms with Crippen LogP contribution in [0.3, 0.4) is 0 Å². The van der Waals surface area contributed by atoms with E-state index in [0.717, 1.165) is 0 Å². The predicted molar refractivity (Wildman–Crippen MR) is 100.0 cm³/mol. The summed E-state index contributed by atoms with van der Waals surface area (Å²) >= 11 is 5.79. The summed E-state index contributed by atoms with van der Waals surface area (Å²) in [7, 11) is 1.56. The van der Waals surface area contributed by atoms with Gasteiger partial charge >= 0.3 is 6.61 Å². The normalized spacial score (nSPS) is 10.5.